The van der Waals surface area contributed by atoms with Gasteiger partial charge in [0, 0.05) is 0 Å². The number of aliphatic hydroxyl groups excluding tert-OH is 4. The van der Waals surface area contributed by atoms with Gasteiger partial charge in [-0.1, -0.05) is 24.4 Å². The van der Waals surface area contributed by atoms with Crippen molar-refractivity contribution in [1.82, 2.24) is 20.5 Å². The van der Waals surface area contributed by atoms with Gasteiger partial charge in [0.25, 0.3) is 11.8 Å². The quantitative estimate of drug-likeness (QED) is 0.171. The summed E-state index contributed by atoms with van der Waals surface area (Å²) in [5.74, 6) is -2.33. The van der Waals surface area contributed by atoms with E-state index in [0.29, 0.717) is 19.4 Å². The van der Waals surface area contributed by atoms with Crippen molar-refractivity contribution >= 4 is 5.91 Å². The topological polar surface area (TPSA) is 193 Å². The van der Waals surface area contributed by atoms with Gasteiger partial charge in [-0.25, -0.2) is 5.48 Å². The predicted molar refractivity (Wildman–Crippen MR) is 103 cm³/mol. The van der Waals surface area contributed by atoms with Gasteiger partial charge in [-0.15, -0.1) is 0 Å². The average molecular weight is 444 g/mol. The van der Waals surface area contributed by atoms with E-state index in [1.165, 1.54) is 5.48 Å². The zero-order valence-electron chi connectivity index (χ0n) is 17.3. The van der Waals surface area contributed by atoms with Crippen molar-refractivity contribution in [3.8, 4) is 0 Å². The molecule has 12 nitrogen and oxygen atoms in total. The summed E-state index contributed by atoms with van der Waals surface area (Å²) in [5.41, 5.74) is -1.78. The normalized spacial score (nSPS) is 24.3. The van der Waals surface area contributed by atoms with Crippen LogP contribution in [0.4, 0.5) is 0 Å². The first-order valence-electron chi connectivity index (χ1n) is 10.7. The van der Waals surface area contributed by atoms with Crippen molar-refractivity contribution in [3.05, 3.63) is 11.7 Å². The lowest BCUT2D eigenvalue weighted by molar-refractivity contribution is -0.217. The molecular weight excluding hydrogens is 412 g/mol. The maximum absolute atomic E-state index is 11.9. The van der Waals surface area contributed by atoms with Gasteiger partial charge in [0.05, 0.1) is 12.6 Å². The van der Waals surface area contributed by atoms with Crippen LogP contribution in [0.15, 0.2) is 4.52 Å². The fourth-order valence-corrected chi connectivity index (χ4v) is 4.49. The monoisotopic (exact) mass is 444 g/mol. The summed E-state index contributed by atoms with van der Waals surface area (Å²) in [5, 5.41) is 66.2. The number of aliphatic hydroxyl groups is 5. The van der Waals surface area contributed by atoms with Gasteiger partial charge in [-0.3, -0.25) is 14.9 Å². The molecule has 1 aromatic heterocycles. The predicted octanol–water partition coefficient (Wildman–Crippen LogP) is -1.62. The van der Waals surface area contributed by atoms with Crippen LogP contribution in [0.2, 0.25) is 0 Å². The number of nitrogens with zero attached hydrogens (tertiary/aromatic N) is 3. The molecule has 0 aromatic carbocycles. The largest absolute Gasteiger partial charge is 0.390 e. The molecule has 0 radical (unpaired) electrons. The zero-order valence-corrected chi connectivity index (χ0v) is 17.3. The molecule has 12 heteroatoms. The number of likely N-dealkylation sites (tertiary alicyclic amines) is 1. The lowest BCUT2D eigenvalue weighted by Crippen LogP contribution is -2.61. The average Bonchev–Trinajstić information content (AvgIpc) is 3.49. The molecule has 3 rings (SSSR count). The van der Waals surface area contributed by atoms with Crippen LogP contribution < -0.4 is 5.48 Å². The second-order valence-electron chi connectivity index (χ2n) is 8.53. The fraction of sp³-hybridized carbons (Fsp3) is 0.842. The summed E-state index contributed by atoms with van der Waals surface area (Å²) < 4.78 is 5.04. The third kappa shape index (κ3) is 5.06. The molecule has 31 heavy (non-hydrogen) atoms. The first-order chi connectivity index (χ1) is 14.8. The van der Waals surface area contributed by atoms with Crippen molar-refractivity contribution in [1.29, 1.82) is 0 Å². The molecule has 2 heterocycles. The first kappa shape index (κ1) is 24.0. The van der Waals surface area contributed by atoms with Crippen LogP contribution in [-0.4, -0.2) is 89.2 Å². The van der Waals surface area contributed by atoms with Gasteiger partial charge < -0.3 is 30.1 Å². The number of hydroxylamine groups is 1. The Labute approximate surface area is 179 Å². The summed E-state index contributed by atoms with van der Waals surface area (Å²) in [6.45, 7) is 1.96. The second kappa shape index (κ2) is 10.3. The summed E-state index contributed by atoms with van der Waals surface area (Å²) >= 11 is 0. The Hall–Kier alpha value is -1.67. The molecule has 4 unspecified atom stereocenters. The summed E-state index contributed by atoms with van der Waals surface area (Å²) in [4.78, 5) is 18.0. The van der Waals surface area contributed by atoms with E-state index >= 15 is 0 Å². The van der Waals surface area contributed by atoms with E-state index in [0.717, 1.165) is 45.2 Å². The van der Waals surface area contributed by atoms with Gasteiger partial charge >= 0.3 is 0 Å². The summed E-state index contributed by atoms with van der Waals surface area (Å²) in [6, 6.07) is 0. The Morgan fingerprint density at radius 3 is 2.39 bits per heavy atom. The Morgan fingerprint density at radius 2 is 1.77 bits per heavy atom. The van der Waals surface area contributed by atoms with Gasteiger partial charge in [-0.2, -0.15) is 4.98 Å². The highest BCUT2D eigenvalue weighted by Gasteiger charge is 2.56. The maximum Gasteiger partial charge on any atom is 0.275 e. The smallest absolute Gasteiger partial charge is 0.275 e. The molecule has 2 aliphatic rings. The number of amides is 1. The van der Waals surface area contributed by atoms with E-state index in [-0.39, 0.29) is 11.7 Å². The number of hydrogen-bond donors (Lipinski definition) is 7. The molecular formula is C19H32N4O8. The van der Waals surface area contributed by atoms with Crippen molar-refractivity contribution in [3.63, 3.8) is 0 Å². The van der Waals surface area contributed by atoms with E-state index in [1.54, 1.807) is 0 Å². The molecule has 7 N–H and O–H groups in total. The fourth-order valence-electron chi connectivity index (χ4n) is 4.49. The minimum atomic E-state index is -2.97. The van der Waals surface area contributed by atoms with Crippen molar-refractivity contribution in [2.24, 2.45) is 5.92 Å². The molecule has 176 valence electrons. The lowest BCUT2D eigenvalue weighted by atomic mass is 9.78. The maximum atomic E-state index is 11.9. The summed E-state index contributed by atoms with van der Waals surface area (Å²) in [7, 11) is 0. The van der Waals surface area contributed by atoms with Crippen LogP contribution >= 0.6 is 0 Å². The van der Waals surface area contributed by atoms with Crippen molar-refractivity contribution in [2.75, 3.05) is 13.1 Å². The van der Waals surface area contributed by atoms with Gasteiger partial charge in [0.1, 0.15) is 12.2 Å². The summed E-state index contributed by atoms with van der Waals surface area (Å²) in [6.07, 6.45) is -2.07. The van der Waals surface area contributed by atoms with Gasteiger partial charge in [0.2, 0.25) is 5.60 Å². The van der Waals surface area contributed by atoms with E-state index in [1.807, 2.05) is 4.90 Å². The molecule has 1 aliphatic heterocycles. The first-order valence-corrected chi connectivity index (χ1v) is 10.7. The third-order valence-electron chi connectivity index (χ3n) is 6.41. The number of nitrogens with one attached hydrogen (secondary N) is 1. The highest BCUT2D eigenvalue weighted by Crippen LogP contribution is 2.35. The van der Waals surface area contributed by atoms with Crippen LogP contribution in [-0.2, 0) is 16.9 Å². The number of aromatic nitrogens is 2. The number of carbonyl (C=O) groups is 1. The molecule has 1 amide bonds. The van der Waals surface area contributed by atoms with E-state index in [4.69, 9.17) is 9.73 Å². The van der Waals surface area contributed by atoms with Crippen LogP contribution in [0, 0.1) is 5.92 Å². The van der Waals surface area contributed by atoms with E-state index < -0.39 is 41.8 Å². The lowest BCUT2D eigenvalue weighted by Gasteiger charge is -2.38. The van der Waals surface area contributed by atoms with Crippen LogP contribution in [0.5, 0.6) is 0 Å². The molecule has 0 spiro atoms. The number of hydrogen-bond acceptors (Lipinski definition) is 11. The van der Waals surface area contributed by atoms with E-state index in [9.17, 15) is 30.3 Å². The molecule has 5 atom stereocenters. The molecule has 1 saturated heterocycles. The minimum absolute atomic E-state index is 0.154. The Kier molecular flexibility index (Phi) is 7.97. The highest BCUT2D eigenvalue weighted by atomic mass is 16.5. The third-order valence-corrected chi connectivity index (χ3v) is 6.41. The Morgan fingerprint density at radius 1 is 1.13 bits per heavy atom. The highest BCUT2D eigenvalue weighted by molar-refractivity contribution is 5.80. The molecule has 0 bridgehead atoms. The molecule has 1 saturated carbocycles. The van der Waals surface area contributed by atoms with Gasteiger partial charge in [0.15, 0.2) is 11.9 Å². The second-order valence-corrected chi connectivity index (χ2v) is 8.53. The minimum Gasteiger partial charge on any atom is -0.390 e. The zero-order chi connectivity index (χ0) is 22.6. The number of rotatable bonds is 9. The molecule has 1 aromatic rings. The van der Waals surface area contributed by atoms with E-state index in [2.05, 4.69) is 10.1 Å². The standard InChI is InChI=1S/C19H32N4O8/c24-13(11-6-2-1-3-7-11)14(25)15(26)19(29,16(27)17(28)21-30)18-20-12(22-31-18)10-23-8-4-5-9-23/h11,13-16,24-27,29-30H,1-10H2,(H,21,28)/t13?,14?,15?,16?,19-/m1/s1. The van der Waals surface area contributed by atoms with Crippen LogP contribution in [0.25, 0.3) is 0 Å². The number of carbonyl (C=O) groups excluding carboxylic acids is 1. The van der Waals surface area contributed by atoms with Crippen molar-refractivity contribution < 1.29 is 40.1 Å². The Balaban J connectivity index is 1.85. The molecule has 1 aliphatic carbocycles. The van der Waals surface area contributed by atoms with Crippen LogP contribution in [0.3, 0.4) is 0 Å². The Bertz CT molecular complexity index is 722. The van der Waals surface area contributed by atoms with Crippen LogP contribution in [0.1, 0.15) is 56.7 Å². The molecule has 2 fully saturated rings. The van der Waals surface area contributed by atoms with Gasteiger partial charge in [-0.05, 0) is 44.7 Å². The SMILES string of the molecule is O=C(NO)C(O)[C@@](O)(c1nc(CN2CCCC2)no1)C(O)C(O)C(O)C1CCCCC1. The van der Waals surface area contributed by atoms with Crippen molar-refractivity contribution in [2.45, 2.75) is 81.5 Å².